The van der Waals surface area contributed by atoms with E-state index in [1.807, 2.05) is 0 Å². The monoisotopic (exact) mass is 537 g/mol. The van der Waals surface area contributed by atoms with Crippen LogP contribution in [0.3, 0.4) is 0 Å². The van der Waals surface area contributed by atoms with E-state index in [0.717, 1.165) is 22.9 Å². The first kappa shape index (κ1) is 26.2. The number of hydrogen-bond donors (Lipinski definition) is 0. The maximum absolute atomic E-state index is 13.1. The van der Waals surface area contributed by atoms with Gasteiger partial charge in [-0.05, 0) is 43.9 Å². The second kappa shape index (κ2) is 10.2. The number of hydrogen-bond acceptors (Lipinski definition) is 5. The van der Waals surface area contributed by atoms with Gasteiger partial charge in [0.1, 0.15) is 11.0 Å². The minimum Gasteiger partial charge on any atom is -0.368 e. The van der Waals surface area contributed by atoms with Crippen LogP contribution in [0.25, 0.3) is 0 Å². The van der Waals surface area contributed by atoms with Gasteiger partial charge in [0.15, 0.2) is 0 Å². The van der Waals surface area contributed by atoms with Crippen molar-refractivity contribution in [3.05, 3.63) is 28.8 Å². The summed E-state index contributed by atoms with van der Waals surface area (Å²) < 4.78 is 71.8. The summed E-state index contributed by atoms with van der Waals surface area (Å²) in [6.45, 7) is 2.23. The Morgan fingerprint density at radius 2 is 1.54 bits per heavy atom. The molecule has 0 aliphatic carbocycles. The van der Waals surface area contributed by atoms with E-state index in [2.05, 4.69) is 0 Å². The van der Waals surface area contributed by atoms with E-state index < -0.39 is 32.8 Å². The third-order valence-electron chi connectivity index (χ3n) is 6.79. The van der Waals surface area contributed by atoms with E-state index in [1.54, 1.807) is 9.80 Å². The van der Waals surface area contributed by atoms with Gasteiger partial charge in [0, 0.05) is 51.8 Å². The molecule has 0 spiro atoms. The van der Waals surface area contributed by atoms with Crippen LogP contribution in [-0.2, 0) is 30.5 Å². The highest BCUT2D eigenvalue weighted by atomic mass is 35.5. The molecule has 3 fully saturated rings. The number of amides is 2. The molecule has 13 heteroatoms. The summed E-state index contributed by atoms with van der Waals surface area (Å²) in [7, 11) is -4.25. The van der Waals surface area contributed by atoms with Crippen molar-refractivity contribution >= 4 is 33.4 Å². The number of piperazine rings is 1. The summed E-state index contributed by atoms with van der Waals surface area (Å²) in [6.07, 6.45) is -3.01. The molecule has 3 aliphatic heterocycles. The van der Waals surface area contributed by atoms with Crippen LogP contribution in [0.5, 0.6) is 0 Å². The Hall–Kier alpha value is -1.89. The van der Waals surface area contributed by atoms with Crippen molar-refractivity contribution in [3.63, 3.8) is 0 Å². The van der Waals surface area contributed by atoms with Crippen LogP contribution in [-0.4, -0.2) is 86.3 Å². The average molecular weight is 538 g/mol. The van der Waals surface area contributed by atoms with Crippen molar-refractivity contribution in [1.82, 2.24) is 14.1 Å². The molecule has 35 heavy (non-hydrogen) atoms. The molecule has 1 unspecified atom stereocenters. The zero-order chi connectivity index (χ0) is 25.4. The number of alkyl halides is 3. The summed E-state index contributed by atoms with van der Waals surface area (Å²) in [5, 5.41) is -0.286. The number of benzene rings is 1. The van der Waals surface area contributed by atoms with Gasteiger partial charge in [0.2, 0.25) is 15.9 Å². The van der Waals surface area contributed by atoms with E-state index in [-0.39, 0.29) is 48.7 Å². The highest BCUT2D eigenvalue weighted by molar-refractivity contribution is 7.89. The quantitative estimate of drug-likeness (QED) is 0.589. The number of carbonyl (C=O) groups excluding carboxylic acids is 2. The van der Waals surface area contributed by atoms with Crippen LogP contribution in [0.15, 0.2) is 23.1 Å². The Bertz CT molecular complexity index is 1060. The smallest absolute Gasteiger partial charge is 0.368 e. The van der Waals surface area contributed by atoms with Crippen molar-refractivity contribution in [1.29, 1.82) is 0 Å². The molecule has 0 radical (unpaired) electrons. The van der Waals surface area contributed by atoms with Gasteiger partial charge in [-0.25, -0.2) is 8.42 Å². The van der Waals surface area contributed by atoms with Crippen molar-refractivity contribution in [2.45, 2.75) is 42.9 Å². The Kier molecular flexibility index (Phi) is 7.65. The minimum absolute atomic E-state index is 0.00276. The van der Waals surface area contributed by atoms with Crippen LogP contribution in [0.4, 0.5) is 13.2 Å². The number of nitrogens with zero attached hydrogens (tertiary/aromatic N) is 3. The zero-order valence-corrected chi connectivity index (χ0v) is 20.5. The molecular formula is C22H27ClF3N3O5S. The van der Waals surface area contributed by atoms with Crippen molar-refractivity contribution in [2.75, 3.05) is 45.9 Å². The molecule has 0 saturated carbocycles. The van der Waals surface area contributed by atoms with E-state index in [1.165, 1.54) is 0 Å². The Morgan fingerprint density at radius 3 is 2.09 bits per heavy atom. The van der Waals surface area contributed by atoms with Gasteiger partial charge in [-0.3, -0.25) is 9.59 Å². The maximum Gasteiger partial charge on any atom is 0.416 e. The van der Waals surface area contributed by atoms with E-state index in [9.17, 15) is 31.2 Å². The molecule has 0 aromatic heterocycles. The summed E-state index contributed by atoms with van der Waals surface area (Å²) in [6, 6.07) is 2.21. The largest absolute Gasteiger partial charge is 0.416 e. The van der Waals surface area contributed by atoms with Gasteiger partial charge in [-0.1, -0.05) is 11.6 Å². The predicted octanol–water partition coefficient (Wildman–Crippen LogP) is 2.61. The minimum atomic E-state index is -4.70. The van der Waals surface area contributed by atoms with Crippen LogP contribution in [0, 0.1) is 5.92 Å². The van der Waals surface area contributed by atoms with E-state index in [0.29, 0.717) is 45.3 Å². The SMILES string of the molecule is O=C(C1CCN(S(=O)(=O)c2cc(C(F)(F)F)ccc2Cl)CC1)N1CCN(C(=O)C2CCCO2)CC1. The van der Waals surface area contributed by atoms with Crippen LogP contribution < -0.4 is 0 Å². The number of ether oxygens (including phenoxy) is 1. The molecule has 0 N–H and O–H groups in total. The third-order valence-corrected chi connectivity index (χ3v) is 9.17. The molecule has 0 bridgehead atoms. The molecule has 1 aromatic carbocycles. The Morgan fingerprint density at radius 1 is 0.943 bits per heavy atom. The first-order chi connectivity index (χ1) is 16.5. The lowest BCUT2D eigenvalue weighted by Gasteiger charge is -2.39. The lowest BCUT2D eigenvalue weighted by atomic mass is 9.96. The molecule has 1 atom stereocenters. The highest BCUT2D eigenvalue weighted by Crippen LogP contribution is 2.35. The first-order valence-electron chi connectivity index (χ1n) is 11.5. The maximum atomic E-state index is 13.1. The van der Waals surface area contributed by atoms with Gasteiger partial charge < -0.3 is 14.5 Å². The number of sulfonamides is 1. The Labute approximate surface area is 207 Å². The van der Waals surface area contributed by atoms with Crippen molar-refractivity contribution in [3.8, 4) is 0 Å². The van der Waals surface area contributed by atoms with E-state index in [4.69, 9.17) is 16.3 Å². The second-order valence-electron chi connectivity index (χ2n) is 8.97. The van der Waals surface area contributed by atoms with Gasteiger partial charge in [0.05, 0.1) is 10.6 Å². The molecule has 1 aromatic rings. The topological polar surface area (TPSA) is 87.2 Å². The molecule has 4 rings (SSSR count). The lowest BCUT2D eigenvalue weighted by Crippen LogP contribution is -2.54. The summed E-state index contributed by atoms with van der Waals surface area (Å²) in [5.74, 6) is -0.524. The molecule has 2 amide bonds. The van der Waals surface area contributed by atoms with Gasteiger partial charge in [-0.15, -0.1) is 0 Å². The van der Waals surface area contributed by atoms with Crippen molar-refractivity contribution < 1.29 is 35.9 Å². The number of carbonyl (C=O) groups is 2. The first-order valence-corrected chi connectivity index (χ1v) is 13.4. The average Bonchev–Trinajstić information content (AvgIpc) is 3.38. The number of piperidine rings is 1. The van der Waals surface area contributed by atoms with E-state index >= 15 is 0 Å². The van der Waals surface area contributed by atoms with Gasteiger partial charge >= 0.3 is 6.18 Å². The molecule has 8 nitrogen and oxygen atoms in total. The molecular weight excluding hydrogens is 511 g/mol. The third kappa shape index (κ3) is 5.60. The Balaban J connectivity index is 1.33. The number of halogens is 4. The second-order valence-corrected chi connectivity index (χ2v) is 11.3. The summed E-state index contributed by atoms with van der Waals surface area (Å²) in [4.78, 5) is 28.3. The molecule has 3 heterocycles. The fourth-order valence-electron chi connectivity index (χ4n) is 4.74. The predicted molar refractivity (Wildman–Crippen MR) is 120 cm³/mol. The van der Waals surface area contributed by atoms with Crippen LogP contribution >= 0.6 is 11.6 Å². The molecule has 3 aliphatic rings. The highest BCUT2D eigenvalue weighted by Gasteiger charge is 2.38. The molecule has 194 valence electrons. The fourth-order valence-corrected chi connectivity index (χ4v) is 6.71. The van der Waals surface area contributed by atoms with Gasteiger partial charge in [0.25, 0.3) is 5.91 Å². The standard InChI is InChI=1S/C22H27ClF3N3O5S/c23-17-4-3-16(22(24,25)26)14-19(17)35(32,33)29-7-5-15(6-8-29)20(30)27-9-11-28(12-10-27)21(31)18-2-1-13-34-18/h3-4,14-15,18H,1-2,5-13H2. The molecule has 3 saturated heterocycles. The van der Waals surface area contributed by atoms with Crippen LogP contribution in [0.1, 0.15) is 31.2 Å². The summed E-state index contributed by atoms with van der Waals surface area (Å²) >= 11 is 5.94. The fraction of sp³-hybridized carbons (Fsp3) is 0.636. The normalized spacial score (nSPS) is 23.0. The lowest BCUT2D eigenvalue weighted by molar-refractivity contribution is -0.147. The number of rotatable bonds is 4. The van der Waals surface area contributed by atoms with Crippen LogP contribution in [0.2, 0.25) is 5.02 Å². The zero-order valence-electron chi connectivity index (χ0n) is 19.0. The van der Waals surface area contributed by atoms with Gasteiger partial charge in [-0.2, -0.15) is 17.5 Å². The summed E-state index contributed by atoms with van der Waals surface area (Å²) in [5.41, 5.74) is -1.09. The van der Waals surface area contributed by atoms with Crippen molar-refractivity contribution in [2.24, 2.45) is 5.92 Å².